The summed E-state index contributed by atoms with van der Waals surface area (Å²) in [5.74, 6) is 0.907. The van der Waals surface area contributed by atoms with Gasteiger partial charge in [-0.15, -0.1) is 0 Å². The van der Waals surface area contributed by atoms with Crippen molar-refractivity contribution in [1.29, 1.82) is 0 Å². The molecule has 6 heteroatoms. The average Bonchev–Trinajstić information content (AvgIpc) is 2.42. The molecule has 0 aliphatic carbocycles. The lowest BCUT2D eigenvalue weighted by Crippen LogP contribution is -2.00. The highest BCUT2D eigenvalue weighted by molar-refractivity contribution is 7.84. The smallest absolute Gasteiger partial charge is 0.120 e. The van der Waals surface area contributed by atoms with Crippen LogP contribution in [0.1, 0.15) is 5.69 Å². The highest BCUT2D eigenvalue weighted by Crippen LogP contribution is 2.22. The summed E-state index contributed by atoms with van der Waals surface area (Å²) in [7, 11) is 0.336. The van der Waals surface area contributed by atoms with Crippen LogP contribution in [0.2, 0.25) is 10.0 Å². The van der Waals surface area contributed by atoms with Gasteiger partial charge in [0.2, 0.25) is 0 Å². The Balaban J connectivity index is 2.20. The van der Waals surface area contributed by atoms with E-state index < -0.39 is 10.8 Å². The summed E-state index contributed by atoms with van der Waals surface area (Å²) >= 11 is 11.8. The monoisotopic (exact) mass is 315 g/mol. The number of hydrogen-bond acceptors (Lipinski definition) is 3. The van der Waals surface area contributed by atoms with E-state index in [1.54, 1.807) is 37.4 Å². The SMILES string of the molecule is COc1cccc(S(=O)Cc2ncc(Cl)cc2Cl)c1. The number of rotatable bonds is 4. The lowest BCUT2D eigenvalue weighted by Gasteiger charge is -2.06. The van der Waals surface area contributed by atoms with Crippen LogP contribution in [-0.4, -0.2) is 16.3 Å². The molecule has 1 aromatic heterocycles. The summed E-state index contributed by atoms with van der Waals surface area (Å²) in [5, 5.41) is 0.879. The number of halogens is 2. The fraction of sp³-hybridized carbons (Fsp3) is 0.154. The van der Waals surface area contributed by atoms with Crippen LogP contribution >= 0.6 is 23.2 Å². The molecule has 1 heterocycles. The van der Waals surface area contributed by atoms with E-state index in [1.165, 1.54) is 6.20 Å². The third kappa shape index (κ3) is 3.69. The molecule has 0 aliphatic rings. The van der Waals surface area contributed by atoms with E-state index in [2.05, 4.69) is 4.98 Å². The molecule has 1 unspecified atom stereocenters. The average molecular weight is 316 g/mol. The van der Waals surface area contributed by atoms with E-state index >= 15 is 0 Å². The molecule has 0 radical (unpaired) electrons. The molecule has 0 bridgehead atoms. The second-order valence-electron chi connectivity index (χ2n) is 3.75. The van der Waals surface area contributed by atoms with Crippen LogP contribution in [0.5, 0.6) is 5.75 Å². The van der Waals surface area contributed by atoms with Crippen molar-refractivity contribution in [2.24, 2.45) is 0 Å². The Kier molecular flexibility index (Phi) is 4.80. The topological polar surface area (TPSA) is 39.2 Å². The van der Waals surface area contributed by atoms with Crippen LogP contribution in [0.15, 0.2) is 41.4 Å². The van der Waals surface area contributed by atoms with Gasteiger partial charge < -0.3 is 4.74 Å². The van der Waals surface area contributed by atoms with Crippen LogP contribution in [0.3, 0.4) is 0 Å². The molecule has 2 aromatic rings. The van der Waals surface area contributed by atoms with Crippen LogP contribution in [-0.2, 0) is 16.6 Å². The first-order valence-electron chi connectivity index (χ1n) is 5.42. The fourth-order valence-corrected chi connectivity index (χ4v) is 3.15. The maximum atomic E-state index is 12.2. The van der Waals surface area contributed by atoms with Gasteiger partial charge in [0.1, 0.15) is 5.75 Å². The van der Waals surface area contributed by atoms with Crippen LogP contribution in [0, 0.1) is 0 Å². The zero-order chi connectivity index (χ0) is 13.8. The van der Waals surface area contributed by atoms with Crippen molar-refractivity contribution in [3.8, 4) is 5.75 Å². The Labute approximate surface area is 124 Å². The summed E-state index contributed by atoms with van der Waals surface area (Å²) in [6, 6.07) is 8.70. The van der Waals surface area contributed by atoms with E-state index in [0.717, 1.165) is 0 Å². The number of aromatic nitrogens is 1. The van der Waals surface area contributed by atoms with Crippen LogP contribution in [0.25, 0.3) is 0 Å². The Morgan fingerprint density at radius 1 is 1.32 bits per heavy atom. The Hall–Kier alpha value is -1.10. The van der Waals surface area contributed by atoms with Crippen molar-refractivity contribution in [1.82, 2.24) is 4.98 Å². The number of benzene rings is 1. The molecule has 0 amide bonds. The summed E-state index contributed by atoms with van der Waals surface area (Å²) < 4.78 is 17.3. The molecule has 1 aromatic carbocycles. The Morgan fingerprint density at radius 2 is 2.11 bits per heavy atom. The van der Waals surface area contributed by atoms with E-state index in [9.17, 15) is 4.21 Å². The summed E-state index contributed by atoms with van der Waals surface area (Å²) in [6.07, 6.45) is 1.49. The van der Waals surface area contributed by atoms with Gasteiger partial charge in [0, 0.05) is 11.1 Å². The molecule has 0 fully saturated rings. The van der Waals surface area contributed by atoms with E-state index in [0.29, 0.717) is 26.4 Å². The quantitative estimate of drug-likeness (QED) is 0.863. The van der Waals surface area contributed by atoms with E-state index in [1.807, 2.05) is 0 Å². The van der Waals surface area contributed by atoms with Crippen molar-refractivity contribution in [3.63, 3.8) is 0 Å². The maximum Gasteiger partial charge on any atom is 0.120 e. The molecule has 1 atom stereocenters. The lowest BCUT2D eigenvalue weighted by molar-refractivity contribution is 0.413. The first-order chi connectivity index (χ1) is 9.10. The van der Waals surface area contributed by atoms with Crippen LogP contribution in [0.4, 0.5) is 0 Å². The molecule has 2 rings (SSSR count). The molecule has 0 spiro atoms. The summed E-state index contributed by atoms with van der Waals surface area (Å²) in [4.78, 5) is 4.77. The third-order valence-corrected chi connectivity index (χ3v) is 4.31. The van der Waals surface area contributed by atoms with Gasteiger partial charge in [-0.05, 0) is 24.3 Å². The number of pyridine rings is 1. The van der Waals surface area contributed by atoms with Gasteiger partial charge in [0.05, 0.1) is 39.4 Å². The largest absolute Gasteiger partial charge is 0.497 e. The van der Waals surface area contributed by atoms with Gasteiger partial charge in [-0.2, -0.15) is 0 Å². The third-order valence-electron chi connectivity index (χ3n) is 2.46. The minimum Gasteiger partial charge on any atom is -0.497 e. The lowest BCUT2D eigenvalue weighted by atomic mass is 10.3. The Bertz CT molecular complexity index is 619. The minimum absolute atomic E-state index is 0.239. The number of ether oxygens (including phenoxy) is 1. The molecule has 0 saturated heterocycles. The summed E-state index contributed by atoms with van der Waals surface area (Å²) in [5.41, 5.74) is 0.562. The highest BCUT2D eigenvalue weighted by atomic mass is 35.5. The van der Waals surface area contributed by atoms with Gasteiger partial charge in [-0.3, -0.25) is 9.19 Å². The zero-order valence-corrected chi connectivity index (χ0v) is 12.4. The maximum absolute atomic E-state index is 12.2. The standard InChI is InChI=1S/C13H11Cl2NO2S/c1-18-10-3-2-4-11(6-10)19(17)8-13-12(15)5-9(14)7-16-13/h2-7H,8H2,1H3. The normalized spacial score (nSPS) is 12.2. The van der Waals surface area contributed by atoms with E-state index in [4.69, 9.17) is 27.9 Å². The molecule has 100 valence electrons. The van der Waals surface area contributed by atoms with Crippen molar-refractivity contribution >= 4 is 34.0 Å². The van der Waals surface area contributed by atoms with Gasteiger partial charge >= 0.3 is 0 Å². The first-order valence-corrected chi connectivity index (χ1v) is 7.50. The van der Waals surface area contributed by atoms with E-state index in [-0.39, 0.29) is 5.75 Å². The van der Waals surface area contributed by atoms with Crippen molar-refractivity contribution in [3.05, 3.63) is 52.3 Å². The molecular weight excluding hydrogens is 305 g/mol. The summed E-state index contributed by atoms with van der Waals surface area (Å²) in [6.45, 7) is 0. The predicted molar refractivity (Wildman–Crippen MR) is 77.4 cm³/mol. The predicted octanol–water partition coefficient (Wildman–Crippen LogP) is 3.70. The molecular formula is C13H11Cl2NO2S. The van der Waals surface area contributed by atoms with Gasteiger partial charge in [0.25, 0.3) is 0 Å². The second kappa shape index (κ2) is 6.37. The fourth-order valence-electron chi connectivity index (χ4n) is 1.50. The molecule has 0 aliphatic heterocycles. The van der Waals surface area contributed by atoms with Gasteiger partial charge in [-0.25, -0.2) is 0 Å². The van der Waals surface area contributed by atoms with Crippen LogP contribution < -0.4 is 4.74 Å². The molecule has 3 nitrogen and oxygen atoms in total. The van der Waals surface area contributed by atoms with Gasteiger partial charge in [-0.1, -0.05) is 29.3 Å². The van der Waals surface area contributed by atoms with Crippen molar-refractivity contribution in [2.75, 3.05) is 7.11 Å². The molecule has 0 saturated carbocycles. The highest BCUT2D eigenvalue weighted by Gasteiger charge is 2.10. The van der Waals surface area contributed by atoms with Crippen molar-refractivity contribution in [2.45, 2.75) is 10.6 Å². The first kappa shape index (κ1) is 14.3. The van der Waals surface area contributed by atoms with Gasteiger partial charge in [0.15, 0.2) is 0 Å². The number of methoxy groups -OCH3 is 1. The second-order valence-corrected chi connectivity index (χ2v) is 6.05. The number of nitrogens with zero attached hydrogens (tertiary/aromatic N) is 1. The molecule has 0 N–H and O–H groups in total. The number of hydrogen-bond donors (Lipinski definition) is 0. The zero-order valence-electron chi connectivity index (χ0n) is 10.1. The van der Waals surface area contributed by atoms with Crippen molar-refractivity contribution < 1.29 is 8.95 Å². The Morgan fingerprint density at radius 3 is 2.79 bits per heavy atom. The minimum atomic E-state index is -1.23. The molecule has 19 heavy (non-hydrogen) atoms.